The van der Waals surface area contributed by atoms with Crippen LogP contribution in [-0.2, 0) is 6.54 Å². The van der Waals surface area contributed by atoms with Gasteiger partial charge in [0.15, 0.2) is 11.5 Å². The Morgan fingerprint density at radius 1 is 1.41 bits per heavy atom. The number of hydrogen-bond acceptors (Lipinski definition) is 4. The molecule has 0 saturated carbocycles. The van der Waals surface area contributed by atoms with E-state index in [1.807, 2.05) is 19.1 Å². The van der Waals surface area contributed by atoms with Gasteiger partial charge in [-0.15, -0.1) is 0 Å². The van der Waals surface area contributed by atoms with Crippen molar-refractivity contribution in [1.82, 2.24) is 4.90 Å². The molecular formula is C17H26ClNO3. The van der Waals surface area contributed by atoms with Gasteiger partial charge in [0.1, 0.15) is 0 Å². The second-order valence-corrected chi connectivity index (χ2v) is 6.73. The van der Waals surface area contributed by atoms with Crippen molar-refractivity contribution in [3.63, 3.8) is 0 Å². The molecule has 1 aromatic rings. The highest BCUT2D eigenvalue weighted by atomic mass is 35.5. The number of methoxy groups -OCH3 is 1. The minimum atomic E-state index is -0.00271. The van der Waals surface area contributed by atoms with E-state index in [1.165, 1.54) is 0 Å². The number of rotatable bonds is 6. The van der Waals surface area contributed by atoms with Crippen LogP contribution in [0.15, 0.2) is 12.1 Å². The molecule has 4 nitrogen and oxygen atoms in total. The predicted molar refractivity (Wildman–Crippen MR) is 88.9 cm³/mol. The van der Waals surface area contributed by atoms with Gasteiger partial charge in [-0.25, -0.2) is 0 Å². The summed E-state index contributed by atoms with van der Waals surface area (Å²) in [5, 5.41) is 10.2. The molecule has 22 heavy (non-hydrogen) atoms. The Morgan fingerprint density at radius 3 is 2.82 bits per heavy atom. The second kappa shape index (κ2) is 7.53. The number of hydrogen-bond donors (Lipinski definition) is 1. The van der Waals surface area contributed by atoms with Gasteiger partial charge in [0.2, 0.25) is 0 Å². The van der Waals surface area contributed by atoms with E-state index in [1.54, 1.807) is 7.11 Å². The average molecular weight is 328 g/mol. The lowest BCUT2D eigenvalue weighted by Crippen LogP contribution is -2.43. The van der Waals surface area contributed by atoms with Gasteiger partial charge in [-0.1, -0.05) is 18.5 Å². The van der Waals surface area contributed by atoms with E-state index in [0.717, 1.165) is 38.0 Å². The van der Waals surface area contributed by atoms with Crippen LogP contribution < -0.4 is 9.47 Å². The minimum absolute atomic E-state index is 0.00271. The van der Waals surface area contributed by atoms with Gasteiger partial charge in [0.05, 0.1) is 18.7 Å². The minimum Gasteiger partial charge on any atom is -0.491 e. The predicted octanol–water partition coefficient (Wildman–Crippen LogP) is 3.34. The molecule has 0 radical (unpaired) electrons. The van der Waals surface area contributed by atoms with Crippen LogP contribution in [0.1, 0.15) is 32.3 Å². The number of benzene rings is 1. The highest BCUT2D eigenvalue weighted by Crippen LogP contribution is 2.37. The summed E-state index contributed by atoms with van der Waals surface area (Å²) < 4.78 is 11.0. The second-order valence-electron chi connectivity index (χ2n) is 6.33. The van der Waals surface area contributed by atoms with E-state index in [0.29, 0.717) is 23.1 Å². The van der Waals surface area contributed by atoms with Gasteiger partial charge < -0.3 is 14.6 Å². The van der Waals surface area contributed by atoms with Crippen molar-refractivity contribution in [3.8, 4) is 11.5 Å². The molecule has 0 spiro atoms. The standard InChI is InChI=1S/C17H26ClNO3/c1-4-22-15-9-13(8-14(18)16(15)21-3)10-19-7-5-6-17(2,11-19)12-20/h8-9,20H,4-7,10-12H2,1-3H3. The normalized spacial score (nSPS) is 22.6. The van der Waals surface area contributed by atoms with Crippen LogP contribution in [0.25, 0.3) is 0 Å². The maximum Gasteiger partial charge on any atom is 0.179 e. The molecule has 1 atom stereocenters. The highest BCUT2D eigenvalue weighted by Gasteiger charge is 2.30. The third kappa shape index (κ3) is 4.06. The molecule has 1 aromatic carbocycles. The van der Waals surface area contributed by atoms with Crippen LogP contribution in [0.3, 0.4) is 0 Å². The molecule has 1 N–H and O–H groups in total. The fourth-order valence-electron chi connectivity index (χ4n) is 3.12. The van der Waals surface area contributed by atoms with E-state index in [9.17, 15) is 5.11 Å². The third-order valence-electron chi connectivity index (χ3n) is 4.22. The number of likely N-dealkylation sites (tertiary alicyclic amines) is 1. The van der Waals surface area contributed by atoms with Crippen molar-refractivity contribution in [1.29, 1.82) is 0 Å². The molecule has 1 saturated heterocycles. The third-order valence-corrected chi connectivity index (χ3v) is 4.50. The van der Waals surface area contributed by atoms with Crippen molar-refractivity contribution >= 4 is 11.6 Å². The zero-order chi connectivity index (χ0) is 16.2. The molecule has 1 fully saturated rings. The zero-order valence-corrected chi connectivity index (χ0v) is 14.4. The first kappa shape index (κ1) is 17.4. The Morgan fingerprint density at radius 2 is 2.18 bits per heavy atom. The van der Waals surface area contributed by atoms with E-state index in [-0.39, 0.29) is 12.0 Å². The Kier molecular flexibility index (Phi) is 5.95. The molecule has 0 aliphatic carbocycles. The summed E-state index contributed by atoms with van der Waals surface area (Å²) in [5.41, 5.74) is 1.11. The van der Waals surface area contributed by atoms with E-state index >= 15 is 0 Å². The number of aliphatic hydroxyl groups is 1. The molecule has 1 aliphatic heterocycles. The molecular weight excluding hydrogens is 302 g/mol. The lowest BCUT2D eigenvalue weighted by molar-refractivity contribution is 0.0429. The molecule has 0 amide bonds. The van der Waals surface area contributed by atoms with E-state index in [4.69, 9.17) is 21.1 Å². The summed E-state index contributed by atoms with van der Waals surface area (Å²) in [6.07, 6.45) is 2.19. The van der Waals surface area contributed by atoms with Crippen molar-refractivity contribution < 1.29 is 14.6 Å². The van der Waals surface area contributed by atoms with Gasteiger partial charge in [-0.05, 0) is 44.0 Å². The summed E-state index contributed by atoms with van der Waals surface area (Å²) in [4.78, 5) is 2.37. The van der Waals surface area contributed by atoms with Gasteiger partial charge >= 0.3 is 0 Å². The first-order chi connectivity index (χ1) is 10.5. The number of ether oxygens (including phenoxy) is 2. The fourth-order valence-corrected chi connectivity index (χ4v) is 3.43. The Balaban J connectivity index is 2.15. The number of aliphatic hydroxyl groups excluding tert-OH is 1. The van der Waals surface area contributed by atoms with Crippen LogP contribution in [0, 0.1) is 5.41 Å². The first-order valence-corrected chi connectivity index (χ1v) is 8.21. The summed E-state index contributed by atoms with van der Waals surface area (Å²) in [7, 11) is 1.60. The van der Waals surface area contributed by atoms with E-state index < -0.39 is 0 Å². The molecule has 1 heterocycles. The van der Waals surface area contributed by atoms with E-state index in [2.05, 4.69) is 11.8 Å². The first-order valence-electron chi connectivity index (χ1n) is 7.84. The summed E-state index contributed by atoms with van der Waals surface area (Å²) in [5.74, 6) is 1.28. The van der Waals surface area contributed by atoms with Crippen LogP contribution in [0.5, 0.6) is 11.5 Å². The van der Waals surface area contributed by atoms with Crippen molar-refractivity contribution in [2.45, 2.75) is 33.2 Å². The van der Waals surface area contributed by atoms with Crippen LogP contribution in [-0.4, -0.2) is 43.4 Å². The van der Waals surface area contributed by atoms with Crippen LogP contribution in [0.2, 0.25) is 5.02 Å². The van der Waals surface area contributed by atoms with Crippen LogP contribution in [0.4, 0.5) is 0 Å². The largest absolute Gasteiger partial charge is 0.491 e. The van der Waals surface area contributed by atoms with Gasteiger partial charge in [0.25, 0.3) is 0 Å². The Hall–Kier alpha value is -0.970. The van der Waals surface area contributed by atoms with Crippen molar-refractivity contribution in [3.05, 3.63) is 22.7 Å². The van der Waals surface area contributed by atoms with Crippen molar-refractivity contribution in [2.24, 2.45) is 5.41 Å². The lowest BCUT2D eigenvalue weighted by Gasteiger charge is -2.39. The maximum atomic E-state index is 9.58. The Labute approximate surface area is 138 Å². The topological polar surface area (TPSA) is 41.9 Å². The molecule has 0 aromatic heterocycles. The number of halogens is 1. The zero-order valence-electron chi connectivity index (χ0n) is 13.7. The van der Waals surface area contributed by atoms with Gasteiger partial charge in [-0.2, -0.15) is 0 Å². The molecule has 2 rings (SSSR count). The SMILES string of the molecule is CCOc1cc(CN2CCCC(C)(CO)C2)cc(Cl)c1OC. The lowest BCUT2D eigenvalue weighted by atomic mass is 9.82. The number of nitrogens with zero attached hydrogens (tertiary/aromatic N) is 1. The fraction of sp³-hybridized carbons (Fsp3) is 0.647. The molecule has 1 aliphatic rings. The maximum absolute atomic E-state index is 9.58. The average Bonchev–Trinajstić information content (AvgIpc) is 2.47. The van der Waals surface area contributed by atoms with Gasteiger partial charge in [0, 0.05) is 25.1 Å². The summed E-state index contributed by atoms with van der Waals surface area (Å²) in [6, 6.07) is 3.94. The Bertz CT molecular complexity index is 509. The molecule has 1 unspecified atom stereocenters. The molecule has 5 heteroatoms. The monoisotopic (exact) mass is 327 g/mol. The highest BCUT2D eigenvalue weighted by molar-refractivity contribution is 6.32. The van der Waals surface area contributed by atoms with Gasteiger partial charge in [-0.3, -0.25) is 4.90 Å². The molecule has 124 valence electrons. The summed E-state index contributed by atoms with van der Waals surface area (Å²) >= 11 is 6.31. The smallest absolute Gasteiger partial charge is 0.179 e. The molecule has 0 bridgehead atoms. The van der Waals surface area contributed by atoms with Crippen LogP contribution >= 0.6 is 11.6 Å². The quantitative estimate of drug-likeness (QED) is 0.870. The summed E-state index contributed by atoms with van der Waals surface area (Å²) in [6.45, 7) is 7.64. The number of piperidine rings is 1. The van der Waals surface area contributed by atoms with Crippen molar-refractivity contribution in [2.75, 3.05) is 33.4 Å².